The Morgan fingerprint density at radius 1 is 1.00 bits per heavy atom. The van der Waals surface area contributed by atoms with Crippen molar-refractivity contribution in [2.75, 3.05) is 29.5 Å². The summed E-state index contributed by atoms with van der Waals surface area (Å²) in [4.78, 5) is 25.3. The number of fused-ring (bicyclic) bond motifs is 1. The number of nitrogens with zero attached hydrogens (tertiary/aromatic N) is 4. The SMILES string of the molecule is Nc1ccccc1NC(=O)c1ccc(Nc2ncc(-c3cnc4cc(CN5CCCC5)ccn34)s2)cc1. The van der Waals surface area contributed by atoms with Gasteiger partial charge in [0.05, 0.1) is 28.1 Å². The topological polar surface area (TPSA) is 101 Å². The fourth-order valence-electron chi connectivity index (χ4n) is 4.59. The Bertz CT molecular complexity index is 1550. The summed E-state index contributed by atoms with van der Waals surface area (Å²) in [5.41, 5.74) is 11.7. The van der Waals surface area contributed by atoms with E-state index in [4.69, 9.17) is 5.73 Å². The summed E-state index contributed by atoms with van der Waals surface area (Å²) in [6, 6.07) is 18.8. The van der Waals surface area contributed by atoms with Crippen LogP contribution in [0.5, 0.6) is 0 Å². The smallest absolute Gasteiger partial charge is 0.255 e. The number of aromatic nitrogens is 3. The molecule has 0 atom stereocenters. The molecule has 0 radical (unpaired) electrons. The van der Waals surface area contributed by atoms with Crippen LogP contribution in [0.2, 0.25) is 0 Å². The number of thiazole rings is 1. The van der Waals surface area contributed by atoms with Gasteiger partial charge in [-0.15, -0.1) is 0 Å². The molecule has 1 aliphatic heterocycles. The molecule has 4 heterocycles. The third-order valence-electron chi connectivity index (χ3n) is 6.55. The molecule has 3 aromatic heterocycles. The number of nitrogens with two attached hydrogens (primary N) is 1. The van der Waals surface area contributed by atoms with Gasteiger partial charge in [-0.3, -0.25) is 14.1 Å². The van der Waals surface area contributed by atoms with Crippen molar-refractivity contribution in [3.05, 3.63) is 90.4 Å². The predicted molar refractivity (Wildman–Crippen MR) is 149 cm³/mol. The van der Waals surface area contributed by atoms with Crippen LogP contribution in [-0.2, 0) is 6.54 Å². The standard InChI is InChI=1S/C28H27N7OS/c29-22-5-1-2-6-23(22)33-27(36)20-7-9-21(10-8-20)32-28-31-17-25(37-28)24-16-30-26-15-19(11-14-35(24)26)18-34-12-3-4-13-34/h1-2,5-11,14-17H,3-4,12-13,18,29H2,(H,31,32)(H,33,36). The summed E-state index contributed by atoms with van der Waals surface area (Å²) in [6.07, 6.45) is 8.45. The van der Waals surface area contributed by atoms with Crippen LogP contribution in [0, 0.1) is 0 Å². The van der Waals surface area contributed by atoms with Crippen molar-refractivity contribution >= 4 is 45.1 Å². The Morgan fingerprint density at radius 2 is 1.81 bits per heavy atom. The molecule has 37 heavy (non-hydrogen) atoms. The molecule has 1 aliphatic rings. The van der Waals surface area contributed by atoms with Crippen LogP contribution in [0.3, 0.4) is 0 Å². The number of hydrogen-bond donors (Lipinski definition) is 3. The summed E-state index contributed by atoms with van der Waals surface area (Å²) < 4.78 is 2.11. The molecule has 9 heteroatoms. The van der Waals surface area contributed by atoms with Crippen LogP contribution in [0.4, 0.5) is 22.2 Å². The van der Waals surface area contributed by atoms with Gasteiger partial charge < -0.3 is 16.4 Å². The minimum Gasteiger partial charge on any atom is -0.397 e. The van der Waals surface area contributed by atoms with Crippen molar-refractivity contribution in [3.63, 3.8) is 0 Å². The fourth-order valence-corrected chi connectivity index (χ4v) is 5.43. The van der Waals surface area contributed by atoms with E-state index in [1.54, 1.807) is 35.6 Å². The van der Waals surface area contributed by atoms with E-state index in [0.717, 1.165) is 33.6 Å². The Hall–Kier alpha value is -4.21. The highest BCUT2D eigenvalue weighted by atomic mass is 32.1. The quantitative estimate of drug-likeness (QED) is 0.246. The van der Waals surface area contributed by atoms with Crippen LogP contribution < -0.4 is 16.4 Å². The van der Waals surface area contributed by atoms with Gasteiger partial charge in [-0.25, -0.2) is 9.97 Å². The van der Waals surface area contributed by atoms with Crippen molar-refractivity contribution in [2.24, 2.45) is 0 Å². The zero-order valence-electron chi connectivity index (χ0n) is 20.2. The number of para-hydroxylation sites is 2. The van der Waals surface area contributed by atoms with E-state index in [1.807, 2.05) is 36.7 Å². The van der Waals surface area contributed by atoms with Gasteiger partial charge in [-0.1, -0.05) is 23.5 Å². The fraction of sp³-hybridized carbons (Fsp3) is 0.179. The van der Waals surface area contributed by atoms with Crippen molar-refractivity contribution < 1.29 is 4.79 Å². The average molecular weight is 510 g/mol. The van der Waals surface area contributed by atoms with E-state index in [0.29, 0.717) is 16.9 Å². The lowest BCUT2D eigenvalue weighted by molar-refractivity contribution is 0.102. The van der Waals surface area contributed by atoms with Crippen molar-refractivity contribution in [2.45, 2.75) is 19.4 Å². The number of carbonyl (C=O) groups excluding carboxylic acids is 1. The van der Waals surface area contributed by atoms with E-state index in [1.165, 1.54) is 31.5 Å². The van der Waals surface area contributed by atoms with Gasteiger partial charge in [0, 0.05) is 30.2 Å². The largest absolute Gasteiger partial charge is 0.397 e. The van der Waals surface area contributed by atoms with Crippen LogP contribution in [-0.4, -0.2) is 38.3 Å². The predicted octanol–water partition coefficient (Wildman–Crippen LogP) is 5.63. The Labute approximate surface area is 218 Å². The van der Waals surface area contributed by atoms with E-state index >= 15 is 0 Å². The second-order valence-electron chi connectivity index (χ2n) is 9.16. The molecule has 6 rings (SSSR count). The lowest BCUT2D eigenvalue weighted by Gasteiger charge is -2.14. The van der Waals surface area contributed by atoms with Crippen molar-refractivity contribution in [1.29, 1.82) is 0 Å². The van der Waals surface area contributed by atoms with Crippen molar-refractivity contribution in [3.8, 4) is 10.6 Å². The van der Waals surface area contributed by atoms with Gasteiger partial charge in [0.1, 0.15) is 5.65 Å². The summed E-state index contributed by atoms with van der Waals surface area (Å²) in [7, 11) is 0. The van der Waals surface area contributed by atoms with Crippen molar-refractivity contribution in [1.82, 2.24) is 19.3 Å². The molecule has 0 bridgehead atoms. The molecular weight excluding hydrogens is 482 g/mol. The third-order valence-corrected chi connectivity index (χ3v) is 7.48. The maximum atomic E-state index is 12.6. The number of pyridine rings is 1. The first kappa shape index (κ1) is 23.2. The molecule has 186 valence electrons. The van der Waals surface area contributed by atoms with Crippen LogP contribution in [0.1, 0.15) is 28.8 Å². The van der Waals surface area contributed by atoms with Gasteiger partial charge in [-0.2, -0.15) is 0 Å². The molecule has 0 aliphatic carbocycles. The summed E-state index contributed by atoms with van der Waals surface area (Å²) in [6.45, 7) is 3.34. The van der Waals surface area contributed by atoms with Crippen LogP contribution in [0.25, 0.3) is 16.2 Å². The highest BCUT2D eigenvalue weighted by Gasteiger charge is 2.14. The number of amides is 1. The monoisotopic (exact) mass is 509 g/mol. The second-order valence-corrected chi connectivity index (χ2v) is 10.2. The first-order chi connectivity index (χ1) is 18.1. The molecule has 8 nitrogen and oxygen atoms in total. The molecule has 1 fully saturated rings. The average Bonchev–Trinajstić information content (AvgIpc) is 3.67. The zero-order valence-corrected chi connectivity index (χ0v) is 21.0. The number of nitrogen functional groups attached to an aromatic ring is 1. The molecule has 2 aromatic carbocycles. The summed E-state index contributed by atoms with van der Waals surface area (Å²) in [5.74, 6) is -0.211. The van der Waals surface area contributed by atoms with E-state index in [2.05, 4.69) is 48.2 Å². The normalized spacial score (nSPS) is 13.7. The van der Waals surface area contributed by atoms with Gasteiger partial charge >= 0.3 is 0 Å². The Balaban J connectivity index is 1.13. The number of benzene rings is 2. The first-order valence-electron chi connectivity index (χ1n) is 12.3. The molecule has 0 saturated carbocycles. The third kappa shape index (κ3) is 5.04. The molecule has 0 unspecified atom stereocenters. The number of likely N-dealkylation sites (tertiary alicyclic amines) is 1. The van der Waals surface area contributed by atoms with Gasteiger partial charge in [0.2, 0.25) is 0 Å². The highest BCUT2D eigenvalue weighted by Crippen LogP contribution is 2.31. The van der Waals surface area contributed by atoms with Gasteiger partial charge in [-0.05, 0) is 80.0 Å². The first-order valence-corrected chi connectivity index (χ1v) is 13.1. The van der Waals surface area contributed by atoms with Gasteiger partial charge in [0.15, 0.2) is 5.13 Å². The number of rotatable bonds is 7. The van der Waals surface area contributed by atoms with Gasteiger partial charge in [0.25, 0.3) is 5.91 Å². The maximum Gasteiger partial charge on any atom is 0.255 e. The van der Waals surface area contributed by atoms with Crippen LogP contribution >= 0.6 is 11.3 Å². The Kier molecular flexibility index (Phi) is 6.30. The lowest BCUT2D eigenvalue weighted by Crippen LogP contribution is -2.18. The molecule has 0 spiro atoms. The highest BCUT2D eigenvalue weighted by molar-refractivity contribution is 7.18. The number of carbonyl (C=O) groups is 1. The maximum absolute atomic E-state index is 12.6. The van der Waals surface area contributed by atoms with E-state index < -0.39 is 0 Å². The number of hydrogen-bond acceptors (Lipinski definition) is 7. The molecule has 4 N–H and O–H groups in total. The minimum absolute atomic E-state index is 0.211. The molecule has 1 amide bonds. The van der Waals surface area contributed by atoms with Crippen LogP contribution in [0.15, 0.2) is 79.3 Å². The van der Waals surface area contributed by atoms with E-state index in [-0.39, 0.29) is 5.91 Å². The molecule has 5 aromatic rings. The molecule has 1 saturated heterocycles. The number of anilines is 4. The lowest BCUT2D eigenvalue weighted by atomic mass is 10.2. The minimum atomic E-state index is -0.211. The number of nitrogens with one attached hydrogen (secondary N) is 2. The Morgan fingerprint density at radius 3 is 2.62 bits per heavy atom. The summed E-state index contributed by atoms with van der Waals surface area (Å²) in [5, 5.41) is 6.94. The zero-order chi connectivity index (χ0) is 25.2. The number of imidazole rings is 1. The molecular formula is C28H27N7OS. The summed E-state index contributed by atoms with van der Waals surface area (Å²) >= 11 is 1.56. The second kappa shape index (κ2) is 10.0. The van der Waals surface area contributed by atoms with E-state index in [9.17, 15) is 4.79 Å².